The fourth-order valence-corrected chi connectivity index (χ4v) is 5.63. The van der Waals surface area contributed by atoms with Crippen LogP contribution in [0.5, 0.6) is 5.75 Å². The van der Waals surface area contributed by atoms with Gasteiger partial charge < -0.3 is 14.8 Å². The largest absolute Gasteiger partial charge is 0.462 e. The molecule has 1 aliphatic carbocycles. The molecule has 1 aromatic heterocycles. The average molecular weight is 598 g/mol. The van der Waals surface area contributed by atoms with Gasteiger partial charge in [-0.1, -0.05) is 24.3 Å². The zero-order valence-corrected chi connectivity index (χ0v) is 22.8. The number of benzene rings is 2. The molecule has 0 fully saturated rings. The van der Waals surface area contributed by atoms with Crippen LogP contribution in [0.4, 0.5) is 5.00 Å². The highest BCUT2D eigenvalue weighted by Crippen LogP contribution is 2.38. The molecule has 2 aromatic carbocycles. The van der Waals surface area contributed by atoms with E-state index in [1.807, 2.05) is 0 Å². The van der Waals surface area contributed by atoms with Gasteiger partial charge in [0.2, 0.25) is 0 Å². The number of hydrazone groups is 1. The highest BCUT2D eigenvalue weighted by atomic mass is 79.9. The van der Waals surface area contributed by atoms with Gasteiger partial charge in [-0.15, -0.1) is 11.3 Å². The second-order valence-corrected chi connectivity index (χ2v) is 10.2. The number of hydrogen-bond donors (Lipinski definition) is 2. The Labute approximate surface area is 231 Å². The molecular formula is C27H24BrN3O6S. The van der Waals surface area contributed by atoms with Gasteiger partial charge in [0.05, 0.1) is 23.9 Å². The van der Waals surface area contributed by atoms with Gasteiger partial charge in [0.25, 0.3) is 0 Å². The lowest BCUT2D eigenvalue weighted by atomic mass is 9.95. The van der Waals surface area contributed by atoms with Gasteiger partial charge >= 0.3 is 23.8 Å². The number of nitrogens with zero attached hydrogens (tertiary/aromatic N) is 1. The SMILES string of the molecule is CCOC(=O)c1c(NC(=O)C(=O)N/N=C/c2ccccc2OC(=O)c2ccccc2Br)sc2c1CCCC2. The van der Waals surface area contributed by atoms with Crippen LogP contribution >= 0.6 is 27.3 Å². The van der Waals surface area contributed by atoms with Crippen LogP contribution in [0.25, 0.3) is 0 Å². The number of halogens is 1. The van der Waals surface area contributed by atoms with Crippen LogP contribution in [0.1, 0.15) is 56.5 Å². The molecule has 0 radical (unpaired) electrons. The summed E-state index contributed by atoms with van der Waals surface area (Å²) in [6.45, 7) is 1.91. The van der Waals surface area contributed by atoms with Crippen molar-refractivity contribution in [3.8, 4) is 5.75 Å². The molecular weight excluding hydrogens is 574 g/mol. The molecule has 3 aromatic rings. The monoisotopic (exact) mass is 597 g/mol. The van der Waals surface area contributed by atoms with Gasteiger partial charge in [-0.25, -0.2) is 15.0 Å². The molecule has 0 bridgehead atoms. The van der Waals surface area contributed by atoms with Crippen molar-refractivity contribution >= 4 is 62.2 Å². The maximum Gasteiger partial charge on any atom is 0.344 e. The molecule has 38 heavy (non-hydrogen) atoms. The summed E-state index contributed by atoms with van der Waals surface area (Å²) >= 11 is 4.61. The first-order valence-electron chi connectivity index (χ1n) is 11.9. The number of aryl methyl sites for hydroxylation is 1. The highest BCUT2D eigenvalue weighted by Gasteiger charge is 2.28. The summed E-state index contributed by atoms with van der Waals surface area (Å²) in [5.74, 6) is -2.86. The zero-order chi connectivity index (χ0) is 27.1. The number of hydrogen-bond acceptors (Lipinski definition) is 8. The van der Waals surface area contributed by atoms with E-state index >= 15 is 0 Å². The quantitative estimate of drug-likeness (QED) is 0.132. The Kier molecular flexibility index (Phi) is 9.03. The van der Waals surface area contributed by atoms with E-state index in [1.165, 1.54) is 17.6 Å². The fraction of sp³-hybridized carbons (Fsp3) is 0.222. The van der Waals surface area contributed by atoms with Gasteiger partial charge in [0.15, 0.2) is 0 Å². The van der Waals surface area contributed by atoms with E-state index in [-0.39, 0.29) is 12.4 Å². The van der Waals surface area contributed by atoms with Crippen molar-refractivity contribution in [2.45, 2.75) is 32.6 Å². The summed E-state index contributed by atoms with van der Waals surface area (Å²) in [7, 11) is 0. The van der Waals surface area contributed by atoms with Crippen LogP contribution in [-0.4, -0.2) is 36.6 Å². The van der Waals surface area contributed by atoms with Crippen molar-refractivity contribution in [2.75, 3.05) is 11.9 Å². The first-order valence-corrected chi connectivity index (χ1v) is 13.5. The van der Waals surface area contributed by atoms with E-state index in [2.05, 4.69) is 31.8 Å². The predicted molar refractivity (Wildman–Crippen MR) is 147 cm³/mol. The number of nitrogens with one attached hydrogen (secondary N) is 2. The molecule has 2 amide bonds. The predicted octanol–water partition coefficient (Wildman–Crippen LogP) is 4.87. The fourth-order valence-electron chi connectivity index (χ4n) is 3.91. The summed E-state index contributed by atoms with van der Waals surface area (Å²) in [6.07, 6.45) is 4.74. The first-order chi connectivity index (χ1) is 18.4. The van der Waals surface area contributed by atoms with E-state index in [0.29, 0.717) is 26.2 Å². The minimum absolute atomic E-state index is 0.200. The lowest BCUT2D eigenvalue weighted by molar-refractivity contribution is -0.136. The molecule has 0 saturated heterocycles. The van der Waals surface area contributed by atoms with Gasteiger partial charge in [-0.2, -0.15) is 5.10 Å². The Bertz CT molecular complexity index is 1420. The molecule has 0 atom stereocenters. The summed E-state index contributed by atoms with van der Waals surface area (Å²) in [4.78, 5) is 51.2. The van der Waals surface area contributed by atoms with Crippen LogP contribution in [0.3, 0.4) is 0 Å². The molecule has 9 nitrogen and oxygen atoms in total. The van der Waals surface area contributed by atoms with Crippen molar-refractivity contribution < 1.29 is 28.7 Å². The Morgan fingerprint density at radius 3 is 2.53 bits per heavy atom. The summed E-state index contributed by atoms with van der Waals surface area (Å²) in [5, 5.41) is 6.67. The third-order valence-corrected chi connectivity index (χ3v) is 7.57. The Morgan fingerprint density at radius 2 is 1.74 bits per heavy atom. The Morgan fingerprint density at radius 1 is 1.00 bits per heavy atom. The molecule has 0 unspecified atom stereocenters. The van der Waals surface area contributed by atoms with Gasteiger partial charge in [0, 0.05) is 14.9 Å². The minimum Gasteiger partial charge on any atom is -0.462 e. The van der Waals surface area contributed by atoms with Crippen molar-refractivity contribution in [1.29, 1.82) is 0 Å². The lowest BCUT2D eigenvalue weighted by Gasteiger charge is -2.12. The summed E-state index contributed by atoms with van der Waals surface area (Å²) in [6, 6.07) is 13.5. The van der Waals surface area contributed by atoms with Crippen LogP contribution in [0, 0.1) is 0 Å². The van der Waals surface area contributed by atoms with Crippen molar-refractivity contribution in [2.24, 2.45) is 5.10 Å². The van der Waals surface area contributed by atoms with E-state index < -0.39 is 23.8 Å². The van der Waals surface area contributed by atoms with Crippen molar-refractivity contribution in [1.82, 2.24) is 5.43 Å². The van der Waals surface area contributed by atoms with Gasteiger partial charge in [-0.05, 0) is 78.4 Å². The molecule has 0 saturated carbocycles. The maximum absolute atomic E-state index is 12.6. The number of anilines is 1. The highest BCUT2D eigenvalue weighted by molar-refractivity contribution is 9.10. The number of fused-ring (bicyclic) bond motifs is 1. The summed E-state index contributed by atoms with van der Waals surface area (Å²) in [5.41, 5.74) is 4.12. The molecule has 0 spiro atoms. The topological polar surface area (TPSA) is 123 Å². The molecule has 11 heteroatoms. The maximum atomic E-state index is 12.6. The summed E-state index contributed by atoms with van der Waals surface area (Å²) < 4.78 is 11.3. The third-order valence-electron chi connectivity index (χ3n) is 5.67. The molecule has 1 aliphatic rings. The number of ether oxygens (including phenoxy) is 2. The number of amides is 2. The second kappa shape index (κ2) is 12.6. The zero-order valence-electron chi connectivity index (χ0n) is 20.4. The molecule has 1 heterocycles. The number of rotatable bonds is 7. The number of para-hydroxylation sites is 1. The molecule has 2 N–H and O–H groups in total. The lowest BCUT2D eigenvalue weighted by Crippen LogP contribution is -2.32. The van der Waals surface area contributed by atoms with Crippen molar-refractivity contribution in [3.05, 3.63) is 80.1 Å². The van der Waals surface area contributed by atoms with Crippen LogP contribution in [0.2, 0.25) is 0 Å². The number of carbonyl (C=O) groups excluding carboxylic acids is 4. The molecule has 0 aliphatic heterocycles. The van der Waals surface area contributed by atoms with Crippen LogP contribution < -0.4 is 15.5 Å². The van der Waals surface area contributed by atoms with Crippen LogP contribution in [0.15, 0.2) is 58.1 Å². The normalized spacial score (nSPS) is 12.5. The van der Waals surface area contributed by atoms with Gasteiger partial charge in [-0.3, -0.25) is 9.59 Å². The number of carbonyl (C=O) groups is 4. The van der Waals surface area contributed by atoms with E-state index in [1.54, 1.807) is 55.5 Å². The first kappa shape index (κ1) is 27.2. The smallest absolute Gasteiger partial charge is 0.344 e. The van der Waals surface area contributed by atoms with E-state index in [9.17, 15) is 19.2 Å². The second-order valence-electron chi connectivity index (χ2n) is 8.20. The standard InChI is InChI=1S/C27H24BrN3O6S/c1-2-36-27(35)22-18-11-5-8-14-21(18)38-25(22)30-23(32)24(33)31-29-15-16-9-3-7-13-20(16)37-26(34)17-10-4-6-12-19(17)28/h3-4,6-7,9-10,12-13,15H,2,5,8,11,14H2,1H3,(H,30,32)(H,31,33)/b29-15+. The minimum atomic E-state index is -1.02. The number of thiophene rings is 1. The molecule has 196 valence electrons. The Balaban J connectivity index is 1.42. The van der Waals surface area contributed by atoms with Crippen molar-refractivity contribution in [3.63, 3.8) is 0 Å². The van der Waals surface area contributed by atoms with Gasteiger partial charge in [0.1, 0.15) is 10.8 Å². The number of esters is 2. The average Bonchev–Trinajstić information content (AvgIpc) is 3.27. The van der Waals surface area contributed by atoms with Crippen LogP contribution in [-0.2, 0) is 27.2 Å². The third kappa shape index (κ3) is 6.35. The van der Waals surface area contributed by atoms with E-state index in [0.717, 1.165) is 36.1 Å². The van der Waals surface area contributed by atoms with E-state index in [4.69, 9.17) is 9.47 Å². The Hall–Kier alpha value is -3.83. The molecule has 4 rings (SSSR count).